The molecule has 0 radical (unpaired) electrons. The van der Waals surface area contributed by atoms with E-state index in [1.807, 2.05) is 0 Å². The summed E-state index contributed by atoms with van der Waals surface area (Å²) in [6.45, 7) is 2.99. The Kier molecular flexibility index (Phi) is 7.11. The van der Waals surface area contributed by atoms with Crippen LogP contribution in [0.25, 0.3) is 0 Å². The van der Waals surface area contributed by atoms with Crippen LogP contribution in [0.2, 0.25) is 0 Å². The fourth-order valence-electron chi connectivity index (χ4n) is 1.54. The molecule has 1 unspecified atom stereocenters. The number of nitrogens with zero attached hydrogens (tertiary/aromatic N) is 1. The van der Waals surface area contributed by atoms with Gasteiger partial charge in [-0.1, -0.05) is 17.3 Å². The van der Waals surface area contributed by atoms with Crippen molar-refractivity contribution in [2.24, 2.45) is 0 Å². The average Bonchev–Trinajstić information content (AvgIpc) is 2.67. The van der Waals surface area contributed by atoms with Crippen molar-refractivity contribution in [3.8, 4) is 0 Å². The zero-order chi connectivity index (χ0) is 13.6. The van der Waals surface area contributed by atoms with E-state index in [0.29, 0.717) is 19.8 Å². The van der Waals surface area contributed by atoms with Crippen LogP contribution >= 0.6 is 5.47 Å². The van der Waals surface area contributed by atoms with E-state index in [4.69, 9.17) is 38.1 Å². The molecule has 1 saturated heterocycles. The molecule has 1 atom stereocenters. The Morgan fingerprint density at radius 2 is 1.94 bits per heavy atom. The average molecular weight is 313 g/mol. The van der Waals surface area contributed by atoms with Crippen LogP contribution in [0.3, 0.4) is 0 Å². The molecule has 1 heterocycles. The van der Waals surface area contributed by atoms with Gasteiger partial charge in [-0.3, -0.25) is 0 Å². The molecular weight excluding hydrogens is 289 g/mol. The van der Waals surface area contributed by atoms with Crippen LogP contribution in [-0.2, 0) is 38.1 Å². The van der Waals surface area contributed by atoms with Crippen LogP contribution in [0.5, 0.6) is 0 Å². The molecule has 0 spiro atoms. The van der Waals surface area contributed by atoms with Gasteiger partial charge < -0.3 is 30.7 Å². The van der Waals surface area contributed by atoms with Crippen molar-refractivity contribution in [1.29, 1.82) is 0 Å². The molecule has 1 aliphatic rings. The Bertz CT molecular complexity index is 291. The van der Waals surface area contributed by atoms with E-state index >= 15 is 0 Å². The molecule has 0 aromatic carbocycles. The van der Waals surface area contributed by atoms with Crippen LogP contribution in [0, 0.1) is 0 Å². The second kappa shape index (κ2) is 7.58. The topological polar surface area (TPSA) is 27.7 Å². The maximum absolute atomic E-state index is 5.71. The van der Waals surface area contributed by atoms with E-state index in [2.05, 4.69) is 21.1 Å². The van der Waals surface area contributed by atoms with E-state index in [-0.39, 0.29) is 6.29 Å². The smallest absolute Gasteiger partial charge is 0.157 e. The summed E-state index contributed by atoms with van der Waals surface area (Å²) in [5.41, 5.74) is -2.04. The second-order valence-electron chi connectivity index (χ2n) is 5.50. The molecule has 108 valence electrons. The lowest BCUT2D eigenvalue weighted by atomic mass is 10.3. The van der Waals surface area contributed by atoms with E-state index in [9.17, 15) is 0 Å². The Morgan fingerprint density at radius 3 is 2.50 bits per heavy atom. The van der Waals surface area contributed by atoms with Gasteiger partial charge in [0.1, 0.15) is 6.54 Å². The lowest BCUT2D eigenvalue weighted by Crippen LogP contribution is -2.37. The van der Waals surface area contributed by atoms with Crippen molar-refractivity contribution in [3.05, 3.63) is 0 Å². The Hall–Kier alpha value is 0.840. The summed E-state index contributed by atoms with van der Waals surface area (Å²) in [4.78, 5) is 0. The van der Waals surface area contributed by atoms with Gasteiger partial charge in [0.05, 0.1) is 41.0 Å². The maximum Gasteiger partial charge on any atom is 0.157 e. The molecule has 0 aromatic rings. The van der Waals surface area contributed by atoms with Crippen LogP contribution in [-0.4, -0.2) is 64.4 Å². The zero-order valence-corrected chi connectivity index (χ0v) is 14.0. The normalized spacial score (nSPS) is 21.1. The first-order chi connectivity index (χ1) is 8.29. The van der Waals surface area contributed by atoms with E-state index in [1.165, 1.54) is 0 Å². The van der Waals surface area contributed by atoms with Gasteiger partial charge in [-0.15, -0.1) is 0 Å². The highest BCUT2D eigenvalue weighted by Gasteiger charge is 2.16. The van der Waals surface area contributed by atoms with Crippen LogP contribution < -0.4 is 0 Å². The van der Waals surface area contributed by atoms with Crippen molar-refractivity contribution >= 4 is 29.5 Å². The second-order valence-corrected chi connectivity index (χ2v) is 11.7. The summed E-state index contributed by atoms with van der Waals surface area (Å²) >= 11 is 10.8. The van der Waals surface area contributed by atoms with Gasteiger partial charge >= 0.3 is 0 Å². The summed E-state index contributed by atoms with van der Waals surface area (Å²) in [5, 5.41) is 0. The van der Waals surface area contributed by atoms with Gasteiger partial charge in [-0.25, -0.2) is 0 Å². The van der Waals surface area contributed by atoms with Crippen molar-refractivity contribution in [2.75, 3.05) is 53.7 Å². The fourth-order valence-corrected chi connectivity index (χ4v) is 3.82. The molecule has 1 fully saturated rings. The van der Waals surface area contributed by atoms with Crippen molar-refractivity contribution in [1.82, 2.24) is 0 Å². The molecule has 4 nitrogen and oxygen atoms in total. The predicted molar refractivity (Wildman–Crippen MR) is 80.3 cm³/mol. The minimum atomic E-state index is -2.04. The highest BCUT2D eigenvalue weighted by Crippen LogP contribution is 2.45. The van der Waals surface area contributed by atoms with Gasteiger partial charge in [0, 0.05) is 0 Å². The van der Waals surface area contributed by atoms with Gasteiger partial charge in [0.25, 0.3) is 0 Å². The molecule has 0 bridgehead atoms. The Morgan fingerprint density at radius 1 is 1.33 bits per heavy atom. The third kappa shape index (κ3) is 8.10. The number of quaternary nitrogens is 1. The summed E-state index contributed by atoms with van der Waals surface area (Å²) in [7, 11) is 6.39. The molecule has 0 amide bonds. The number of likely N-dealkylation sites (N-methyl/N-ethyl adjacent to an activating group) is 1. The summed E-state index contributed by atoms with van der Waals surface area (Å²) in [6.07, 6.45) is 2.53. The summed E-state index contributed by atoms with van der Waals surface area (Å²) < 4.78 is 17.3. The lowest BCUT2D eigenvalue weighted by molar-refractivity contribution is -0.870. The molecule has 1 rings (SSSR count). The summed E-state index contributed by atoms with van der Waals surface area (Å²) in [5.74, 6) is 0. The SMILES string of the molecule is C[N+](C)(C)CCOP(=S)([S-])CCCC1OCCO1. The molecular formula is C11H24NO3PS2. The van der Waals surface area contributed by atoms with E-state index < -0.39 is 5.47 Å². The lowest BCUT2D eigenvalue weighted by Gasteiger charge is -2.31. The number of hydrogen-bond donors (Lipinski definition) is 0. The molecule has 1 aliphatic heterocycles. The highest BCUT2D eigenvalue weighted by atomic mass is 32.9. The van der Waals surface area contributed by atoms with Gasteiger partial charge in [-0.05, 0) is 19.0 Å². The first kappa shape index (κ1) is 16.9. The van der Waals surface area contributed by atoms with Crippen molar-refractivity contribution in [3.63, 3.8) is 0 Å². The molecule has 0 aliphatic carbocycles. The first-order valence-corrected chi connectivity index (χ1v) is 10.2. The number of hydrogen-bond acceptors (Lipinski definition) is 5. The first-order valence-electron chi connectivity index (χ1n) is 6.27. The maximum atomic E-state index is 5.71. The standard InChI is InChI=1S/C11H24NO3PS2/c1-12(2,3)6-7-15-16(17,18)10-4-5-11-13-8-9-14-11/h11H,4-10H2,1-3H3. The molecule has 0 aromatic heterocycles. The predicted octanol–water partition coefficient (Wildman–Crippen LogP) is 1.72. The molecule has 0 saturated carbocycles. The van der Waals surface area contributed by atoms with Crippen LogP contribution in [0.4, 0.5) is 0 Å². The summed E-state index contributed by atoms with van der Waals surface area (Å²) in [6, 6.07) is 0. The minimum absolute atomic E-state index is 0.0544. The quantitative estimate of drug-likeness (QED) is 0.386. The molecule has 0 N–H and O–H groups in total. The zero-order valence-electron chi connectivity index (χ0n) is 11.5. The fraction of sp³-hybridized carbons (Fsp3) is 1.00. The number of rotatable bonds is 8. The third-order valence-electron chi connectivity index (χ3n) is 2.61. The van der Waals surface area contributed by atoms with Crippen LogP contribution in [0.1, 0.15) is 12.8 Å². The van der Waals surface area contributed by atoms with E-state index in [0.717, 1.165) is 30.0 Å². The van der Waals surface area contributed by atoms with Gasteiger partial charge in [0.15, 0.2) is 6.29 Å². The Balaban J connectivity index is 2.12. The minimum Gasteiger partial charge on any atom is -0.719 e. The monoisotopic (exact) mass is 313 g/mol. The largest absolute Gasteiger partial charge is 0.719 e. The third-order valence-corrected chi connectivity index (χ3v) is 5.78. The van der Waals surface area contributed by atoms with E-state index in [1.54, 1.807) is 0 Å². The van der Waals surface area contributed by atoms with Crippen molar-refractivity contribution < 1.29 is 18.5 Å². The molecule has 18 heavy (non-hydrogen) atoms. The van der Waals surface area contributed by atoms with Gasteiger partial charge in [-0.2, -0.15) is 0 Å². The highest BCUT2D eigenvalue weighted by molar-refractivity contribution is 8.53. The molecule has 7 heteroatoms. The van der Waals surface area contributed by atoms with Crippen LogP contribution in [0.15, 0.2) is 0 Å². The van der Waals surface area contributed by atoms with Crippen molar-refractivity contribution in [2.45, 2.75) is 19.1 Å². The Labute approximate surface area is 121 Å². The van der Waals surface area contributed by atoms with Gasteiger partial charge in [0.2, 0.25) is 0 Å². The number of ether oxygens (including phenoxy) is 2.